The van der Waals surface area contributed by atoms with E-state index in [2.05, 4.69) is 56.8 Å². The minimum absolute atomic E-state index is 0.254. The third-order valence-electron chi connectivity index (χ3n) is 4.36. The zero-order valence-electron chi connectivity index (χ0n) is 14.0. The highest BCUT2D eigenvalue weighted by Crippen LogP contribution is 2.15. The third-order valence-corrected chi connectivity index (χ3v) is 4.36. The van der Waals surface area contributed by atoms with Crippen molar-refractivity contribution in [2.45, 2.75) is 71.5 Å². The Bertz CT molecular complexity index is 247. The maximum absolute atomic E-state index is 3.58. The SMILES string of the molecule is CCC1CN(C(C)CCCNC(C)(C)C)CCN1C. The topological polar surface area (TPSA) is 18.5 Å². The number of likely N-dealkylation sites (N-methyl/N-ethyl adjacent to an activating group) is 1. The van der Waals surface area contributed by atoms with E-state index >= 15 is 0 Å². The van der Waals surface area contributed by atoms with Gasteiger partial charge in [0.2, 0.25) is 0 Å². The number of nitrogens with one attached hydrogen (secondary N) is 1. The fourth-order valence-corrected chi connectivity index (χ4v) is 2.85. The largest absolute Gasteiger partial charge is 0.312 e. The number of rotatable bonds is 6. The Morgan fingerprint density at radius 3 is 2.53 bits per heavy atom. The van der Waals surface area contributed by atoms with Gasteiger partial charge >= 0.3 is 0 Å². The first-order chi connectivity index (χ1) is 8.83. The normalized spacial score (nSPS) is 24.6. The maximum Gasteiger partial charge on any atom is 0.0218 e. The highest BCUT2D eigenvalue weighted by atomic mass is 15.3. The summed E-state index contributed by atoms with van der Waals surface area (Å²) in [6.45, 7) is 16.3. The lowest BCUT2D eigenvalue weighted by Crippen LogP contribution is -2.53. The molecular formula is C16H35N3. The summed E-state index contributed by atoms with van der Waals surface area (Å²) in [4.78, 5) is 5.20. The van der Waals surface area contributed by atoms with Gasteiger partial charge in [-0.25, -0.2) is 0 Å². The molecule has 0 spiro atoms. The Morgan fingerprint density at radius 1 is 1.26 bits per heavy atom. The lowest BCUT2D eigenvalue weighted by atomic mass is 10.0. The van der Waals surface area contributed by atoms with Crippen molar-refractivity contribution < 1.29 is 0 Å². The van der Waals surface area contributed by atoms with E-state index in [1.54, 1.807) is 0 Å². The second-order valence-corrected chi connectivity index (χ2v) is 7.21. The van der Waals surface area contributed by atoms with Gasteiger partial charge in [0.15, 0.2) is 0 Å². The summed E-state index contributed by atoms with van der Waals surface area (Å²) < 4.78 is 0. The van der Waals surface area contributed by atoms with E-state index in [1.165, 1.54) is 38.9 Å². The van der Waals surface area contributed by atoms with E-state index in [-0.39, 0.29) is 5.54 Å². The van der Waals surface area contributed by atoms with Crippen LogP contribution in [0.25, 0.3) is 0 Å². The van der Waals surface area contributed by atoms with Gasteiger partial charge in [-0.2, -0.15) is 0 Å². The summed E-state index contributed by atoms with van der Waals surface area (Å²) >= 11 is 0. The molecule has 3 nitrogen and oxygen atoms in total. The van der Waals surface area contributed by atoms with Crippen molar-refractivity contribution >= 4 is 0 Å². The molecule has 0 radical (unpaired) electrons. The summed E-state index contributed by atoms with van der Waals surface area (Å²) in [6, 6.07) is 1.48. The summed E-state index contributed by atoms with van der Waals surface area (Å²) in [5.41, 5.74) is 0.254. The van der Waals surface area contributed by atoms with Gasteiger partial charge in [0.1, 0.15) is 0 Å². The Morgan fingerprint density at radius 2 is 1.95 bits per heavy atom. The molecule has 1 N–H and O–H groups in total. The van der Waals surface area contributed by atoms with Crippen LogP contribution >= 0.6 is 0 Å². The molecule has 1 aliphatic rings. The molecule has 1 heterocycles. The van der Waals surface area contributed by atoms with Crippen molar-refractivity contribution in [2.75, 3.05) is 33.2 Å². The van der Waals surface area contributed by atoms with Crippen molar-refractivity contribution in [3.8, 4) is 0 Å². The second-order valence-electron chi connectivity index (χ2n) is 7.21. The molecule has 3 heteroatoms. The van der Waals surface area contributed by atoms with Gasteiger partial charge in [-0.05, 0) is 60.5 Å². The molecule has 19 heavy (non-hydrogen) atoms. The van der Waals surface area contributed by atoms with Crippen LogP contribution in [0.2, 0.25) is 0 Å². The molecule has 1 aliphatic heterocycles. The van der Waals surface area contributed by atoms with Crippen LogP contribution in [-0.4, -0.2) is 60.6 Å². The van der Waals surface area contributed by atoms with Crippen LogP contribution in [-0.2, 0) is 0 Å². The Hall–Kier alpha value is -0.120. The molecule has 0 aliphatic carbocycles. The third kappa shape index (κ3) is 6.24. The summed E-state index contributed by atoms with van der Waals surface area (Å²) in [5, 5.41) is 3.58. The van der Waals surface area contributed by atoms with Crippen LogP contribution in [0.15, 0.2) is 0 Å². The molecule has 0 aromatic rings. The van der Waals surface area contributed by atoms with Gasteiger partial charge in [-0.1, -0.05) is 6.92 Å². The first kappa shape index (κ1) is 16.9. The number of piperazine rings is 1. The number of hydrogen-bond donors (Lipinski definition) is 1. The van der Waals surface area contributed by atoms with E-state index < -0.39 is 0 Å². The van der Waals surface area contributed by atoms with Crippen LogP contribution in [0.3, 0.4) is 0 Å². The standard InChI is InChI=1S/C16H35N3/c1-7-15-13-19(12-11-18(15)6)14(2)9-8-10-17-16(3,4)5/h14-15,17H,7-13H2,1-6H3. The van der Waals surface area contributed by atoms with Gasteiger partial charge in [-0.3, -0.25) is 4.90 Å². The molecule has 0 aromatic carbocycles. The monoisotopic (exact) mass is 269 g/mol. The van der Waals surface area contributed by atoms with Crippen molar-refractivity contribution in [1.82, 2.24) is 15.1 Å². The molecule has 0 aromatic heterocycles. The first-order valence-electron chi connectivity index (χ1n) is 8.03. The molecule has 1 fully saturated rings. The second kappa shape index (κ2) is 7.61. The van der Waals surface area contributed by atoms with Crippen LogP contribution in [0.4, 0.5) is 0 Å². The first-order valence-corrected chi connectivity index (χ1v) is 8.03. The molecular weight excluding hydrogens is 234 g/mol. The van der Waals surface area contributed by atoms with E-state index in [1.807, 2.05) is 0 Å². The fraction of sp³-hybridized carbons (Fsp3) is 1.00. The predicted molar refractivity (Wildman–Crippen MR) is 84.7 cm³/mol. The van der Waals surface area contributed by atoms with Crippen molar-refractivity contribution in [3.63, 3.8) is 0 Å². The molecule has 2 unspecified atom stereocenters. The van der Waals surface area contributed by atoms with Crippen molar-refractivity contribution in [2.24, 2.45) is 0 Å². The van der Waals surface area contributed by atoms with Gasteiger partial charge in [0.05, 0.1) is 0 Å². The zero-order valence-corrected chi connectivity index (χ0v) is 14.0. The van der Waals surface area contributed by atoms with Crippen molar-refractivity contribution in [1.29, 1.82) is 0 Å². The van der Waals surface area contributed by atoms with Gasteiger partial charge in [0, 0.05) is 37.3 Å². The van der Waals surface area contributed by atoms with E-state index in [4.69, 9.17) is 0 Å². The van der Waals surface area contributed by atoms with Gasteiger partial charge in [0.25, 0.3) is 0 Å². The molecule has 2 atom stereocenters. The van der Waals surface area contributed by atoms with Crippen molar-refractivity contribution in [3.05, 3.63) is 0 Å². The highest BCUT2D eigenvalue weighted by Gasteiger charge is 2.25. The van der Waals surface area contributed by atoms with Crippen LogP contribution < -0.4 is 5.32 Å². The lowest BCUT2D eigenvalue weighted by Gasteiger charge is -2.42. The molecule has 1 saturated heterocycles. The number of hydrogen-bond acceptors (Lipinski definition) is 3. The van der Waals surface area contributed by atoms with E-state index in [0.717, 1.165) is 18.6 Å². The highest BCUT2D eigenvalue weighted by molar-refractivity contribution is 4.82. The molecule has 114 valence electrons. The van der Waals surface area contributed by atoms with E-state index in [9.17, 15) is 0 Å². The molecule has 0 amide bonds. The zero-order chi connectivity index (χ0) is 14.5. The lowest BCUT2D eigenvalue weighted by molar-refractivity contribution is 0.0643. The Labute approximate surface area is 120 Å². The fourth-order valence-electron chi connectivity index (χ4n) is 2.85. The minimum atomic E-state index is 0.254. The molecule has 1 rings (SSSR count). The van der Waals surface area contributed by atoms with Crippen LogP contribution in [0, 0.1) is 0 Å². The molecule has 0 bridgehead atoms. The predicted octanol–water partition coefficient (Wildman–Crippen LogP) is 2.57. The van der Waals surface area contributed by atoms with Gasteiger partial charge < -0.3 is 10.2 Å². The van der Waals surface area contributed by atoms with Crippen LogP contribution in [0.5, 0.6) is 0 Å². The maximum atomic E-state index is 3.58. The van der Waals surface area contributed by atoms with Gasteiger partial charge in [-0.15, -0.1) is 0 Å². The smallest absolute Gasteiger partial charge is 0.0218 e. The van der Waals surface area contributed by atoms with E-state index in [0.29, 0.717) is 0 Å². The Balaban J connectivity index is 2.24. The summed E-state index contributed by atoms with van der Waals surface area (Å²) in [6.07, 6.45) is 3.86. The Kier molecular flexibility index (Phi) is 6.78. The quantitative estimate of drug-likeness (QED) is 0.748. The summed E-state index contributed by atoms with van der Waals surface area (Å²) in [7, 11) is 2.27. The average Bonchev–Trinajstić information content (AvgIpc) is 2.33. The number of nitrogens with zero attached hydrogens (tertiary/aromatic N) is 2. The molecule has 0 saturated carbocycles. The van der Waals surface area contributed by atoms with Crippen LogP contribution in [0.1, 0.15) is 53.9 Å². The average molecular weight is 269 g/mol. The minimum Gasteiger partial charge on any atom is -0.312 e. The summed E-state index contributed by atoms with van der Waals surface area (Å²) in [5.74, 6) is 0.